The maximum absolute atomic E-state index is 10.8. The zero-order valence-corrected chi connectivity index (χ0v) is 13.2. The number of rotatable bonds is 5. The summed E-state index contributed by atoms with van der Waals surface area (Å²) in [7, 11) is 0. The minimum Gasteiger partial charge on any atom is -0.389 e. The first-order chi connectivity index (χ1) is 9.39. The Morgan fingerprint density at radius 2 is 1.90 bits per heavy atom. The van der Waals surface area contributed by atoms with E-state index in [0.29, 0.717) is 18.4 Å². The van der Waals surface area contributed by atoms with Crippen molar-refractivity contribution in [3.63, 3.8) is 0 Å². The maximum atomic E-state index is 10.8. The van der Waals surface area contributed by atoms with Crippen molar-refractivity contribution in [3.05, 3.63) is 12.2 Å². The van der Waals surface area contributed by atoms with E-state index in [9.17, 15) is 5.11 Å². The molecular formula is C15H28N4O. The lowest BCUT2D eigenvalue weighted by Gasteiger charge is -2.39. The highest BCUT2D eigenvalue weighted by Crippen LogP contribution is 2.26. The molecule has 0 bridgehead atoms. The van der Waals surface area contributed by atoms with E-state index in [4.69, 9.17) is 0 Å². The van der Waals surface area contributed by atoms with Crippen LogP contribution in [0.3, 0.4) is 0 Å². The Balaban J connectivity index is 1.98. The Morgan fingerprint density at radius 1 is 1.25 bits per heavy atom. The van der Waals surface area contributed by atoms with E-state index in [0.717, 1.165) is 38.3 Å². The molecule has 1 saturated heterocycles. The van der Waals surface area contributed by atoms with Gasteiger partial charge in [0, 0.05) is 32.1 Å². The van der Waals surface area contributed by atoms with Gasteiger partial charge in [0.1, 0.15) is 12.2 Å². The Labute approximate surface area is 122 Å². The van der Waals surface area contributed by atoms with Crippen LogP contribution >= 0.6 is 0 Å². The Kier molecular flexibility index (Phi) is 4.81. The molecule has 0 aromatic carbocycles. The SMILES string of the molecule is CC(C)Cn1ncnc1CC1(O)CCN(C(C)C)CC1. The molecule has 0 atom stereocenters. The monoisotopic (exact) mass is 280 g/mol. The molecule has 20 heavy (non-hydrogen) atoms. The van der Waals surface area contributed by atoms with Crippen LogP contribution in [0.25, 0.3) is 0 Å². The lowest BCUT2D eigenvalue weighted by molar-refractivity contribution is -0.0292. The molecule has 1 fully saturated rings. The van der Waals surface area contributed by atoms with Crippen LogP contribution in [0.4, 0.5) is 0 Å². The Morgan fingerprint density at radius 3 is 2.45 bits per heavy atom. The van der Waals surface area contributed by atoms with Crippen LogP contribution in [0.1, 0.15) is 46.4 Å². The minimum atomic E-state index is -0.618. The summed E-state index contributed by atoms with van der Waals surface area (Å²) in [4.78, 5) is 6.76. The second-order valence-electron chi connectivity index (χ2n) is 6.78. The Hall–Kier alpha value is -0.940. The third-order valence-electron chi connectivity index (χ3n) is 4.18. The van der Waals surface area contributed by atoms with Gasteiger partial charge in [0.25, 0.3) is 0 Å². The van der Waals surface area contributed by atoms with Gasteiger partial charge >= 0.3 is 0 Å². The van der Waals surface area contributed by atoms with Crippen molar-refractivity contribution >= 4 is 0 Å². The second-order valence-corrected chi connectivity index (χ2v) is 6.78. The quantitative estimate of drug-likeness (QED) is 0.892. The van der Waals surface area contributed by atoms with E-state index in [-0.39, 0.29) is 0 Å². The predicted octanol–water partition coefficient (Wildman–Crippen LogP) is 1.71. The number of hydrogen-bond acceptors (Lipinski definition) is 4. The molecule has 0 aliphatic carbocycles. The molecule has 2 rings (SSSR count). The van der Waals surface area contributed by atoms with Gasteiger partial charge in [0.05, 0.1) is 5.60 Å². The van der Waals surface area contributed by atoms with Crippen molar-refractivity contribution in [1.82, 2.24) is 19.7 Å². The zero-order valence-electron chi connectivity index (χ0n) is 13.2. The largest absolute Gasteiger partial charge is 0.389 e. The summed E-state index contributed by atoms with van der Waals surface area (Å²) >= 11 is 0. The van der Waals surface area contributed by atoms with Gasteiger partial charge in [0.15, 0.2) is 0 Å². The van der Waals surface area contributed by atoms with Gasteiger partial charge in [-0.1, -0.05) is 13.8 Å². The highest BCUT2D eigenvalue weighted by molar-refractivity contribution is 4.97. The molecule has 0 spiro atoms. The summed E-state index contributed by atoms with van der Waals surface area (Å²) in [6, 6.07) is 0.559. The third kappa shape index (κ3) is 3.79. The summed E-state index contributed by atoms with van der Waals surface area (Å²) in [5.41, 5.74) is -0.618. The summed E-state index contributed by atoms with van der Waals surface area (Å²) < 4.78 is 1.94. The number of aliphatic hydroxyl groups is 1. The minimum absolute atomic E-state index is 0.535. The standard InChI is InChI=1S/C15H28N4O/c1-12(2)10-19-14(16-11-17-19)9-15(20)5-7-18(8-6-15)13(3)4/h11-13,20H,5-10H2,1-4H3. The third-order valence-corrected chi connectivity index (χ3v) is 4.18. The molecule has 1 N–H and O–H groups in total. The molecule has 0 radical (unpaired) electrons. The molecule has 1 aromatic heterocycles. The average molecular weight is 280 g/mol. The first-order valence-electron chi connectivity index (χ1n) is 7.73. The fourth-order valence-corrected chi connectivity index (χ4v) is 2.85. The van der Waals surface area contributed by atoms with Crippen molar-refractivity contribution in [3.8, 4) is 0 Å². The molecule has 1 aliphatic rings. The van der Waals surface area contributed by atoms with Crippen molar-refractivity contribution in [2.45, 2.75) is 65.1 Å². The van der Waals surface area contributed by atoms with Crippen LogP contribution in [-0.4, -0.2) is 49.5 Å². The Bertz CT molecular complexity index is 419. The maximum Gasteiger partial charge on any atom is 0.138 e. The molecular weight excluding hydrogens is 252 g/mol. The average Bonchev–Trinajstić information content (AvgIpc) is 2.75. The van der Waals surface area contributed by atoms with Crippen LogP contribution in [0.15, 0.2) is 6.33 Å². The van der Waals surface area contributed by atoms with Crippen LogP contribution < -0.4 is 0 Å². The van der Waals surface area contributed by atoms with Gasteiger partial charge in [-0.05, 0) is 32.6 Å². The summed E-state index contributed by atoms with van der Waals surface area (Å²) in [6.45, 7) is 11.6. The smallest absolute Gasteiger partial charge is 0.138 e. The molecule has 0 unspecified atom stereocenters. The van der Waals surface area contributed by atoms with Gasteiger partial charge in [0.2, 0.25) is 0 Å². The zero-order chi connectivity index (χ0) is 14.8. The van der Waals surface area contributed by atoms with Gasteiger partial charge in [-0.25, -0.2) is 9.67 Å². The van der Waals surface area contributed by atoms with E-state index in [2.05, 4.69) is 42.7 Å². The normalized spacial score (nSPS) is 19.9. The number of nitrogens with zero attached hydrogens (tertiary/aromatic N) is 4. The number of aromatic nitrogens is 3. The topological polar surface area (TPSA) is 54.2 Å². The van der Waals surface area contributed by atoms with Gasteiger partial charge in [-0.2, -0.15) is 5.10 Å². The lowest BCUT2D eigenvalue weighted by Crippen LogP contribution is -2.48. The molecule has 0 saturated carbocycles. The fourth-order valence-electron chi connectivity index (χ4n) is 2.85. The molecule has 114 valence electrons. The van der Waals surface area contributed by atoms with E-state index in [1.54, 1.807) is 6.33 Å². The molecule has 5 nitrogen and oxygen atoms in total. The van der Waals surface area contributed by atoms with E-state index < -0.39 is 5.60 Å². The van der Waals surface area contributed by atoms with Crippen LogP contribution in [0.2, 0.25) is 0 Å². The molecule has 1 aliphatic heterocycles. The van der Waals surface area contributed by atoms with E-state index >= 15 is 0 Å². The van der Waals surface area contributed by atoms with Crippen LogP contribution in [0, 0.1) is 5.92 Å². The highest BCUT2D eigenvalue weighted by atomic mass is 16.3. The van der Waals surface area contributed by atoms with Crippen LogP contribution in [-0.2, 0) is 13.0 Å². The second kappa shape index (κ2) is 6.22. The van der Waals surface area contributed by atoms with Crippen LogP contribution in [0.5, 0.6) is 0 Å². The highest BCUT2D eigenvalue weighted by Gasteiger charge is 2.34. The number of piperidine rings is 1. The summed E-state index contributed by atoms with van der Waals surface area (Å²) in [6.07, 6.45) is 3.86. The van der Waals surface area contributed by atoms with Gasteiger partial charge < -0.3 is 10.0 Å². The van der Waals surface area contributed by atoms with Gasteiger partial charge in [-0.3, -0.25) is 0 Å². The van der Waals surface area contributed by atoms with Crippen molar-refractivity contribution < 1.29 is 5.11 Å². The fraction of sp³-hybridized carbons (Fsp3) is 0.867. The van der Waals surface area contributed by atoms with E-state index in [1.807, 2.05) is 4.68 Å². The number of likely N-dealkylation sites (tertiary alicyclic amines) is 1. The number of hydrogen-bond donors (Lipinski definition) is 1. The lowest BCUT2D eigenvalue weighted by atomic mass is 9.87. The summed E-state index contributed by atoms with van der Waals surface area (Å²) in [5, 5.41) is 15.1. The van der Waals surface area contributed by atoms with E-state index in [1.165, 1.54) is 0 Å². The molecule has 2 heterocycles. The predicted molar refractivity (Wildman–Crippen MR) is 79.5 cm³/mol. The first-order valence-corrected chi connectivity index (χ1v) is 7.73. The summed E-state index contributed by atoms with van der Waals surface area (Å²) in [5.74, 6) is 1.45. The van der Waals surface area contributed by atoms with Crippen molar-refractivity contribution in [1.29, 1.82) is 0 Å². The molecule has 0 amide bonds. The first kappa shape index (κ1) is 15.4. The molecule has 5 heteroatoms. The van der Waals surface area contributed by atoms with Gasteiger partial charge in [-0.15, -0.1) is 0 Å². The van der Waals surface area contributed by atoms with Crippen molar-refractivity contribution in [2.24, 2.45) is 5.92 Å². The molecule has 1 aromatic rings. The van der Waals surface area contributed by atoms with Crippen molar-refractivity contribution in [2.75, 3.05) is 13.1 Å².